The van der Waals surface area contributed by atoms with Crippen molar-refractivity contribution in [3.8, 4) is 5.75 Å². The lowest BCUT2D eigenvalue weighted by molar-refractivity contribution is -0.131. The molecule has 0 N–H and O–H groups in total. The number of aromatic nitrogens is 2. The molecule has 0 aliphatic carbocycles. The number of para-hydroxylation sites is 2. The minimum atomic E-state index is -0.0182. The van der Waals surface area contributed by atoms with Gasteiger partial charge in [-0.15, -0.1) is 0 Å². The van der Waals surface area contributed by atoms with Gasteiger partial charge in [0, 0.05) is 50.6 Å². The zero-order valence-corrected chi connectivity index (χ0v) is 19.8. The molecular weight excluding hydrogens is 428 g/mol. The van der Waals surface area contributed by atoms with Gasteiger partial charge < -0.3 is 19.1 Å². The molecule has 2 aliphatic heterocycles. The zero-order chi connectivity index (χ0) is 23.5. The molecule has 0 bridgehead atoms. The molecule has 0 radical (unpaired) electrons. The predicted octanol–water partition coefficient (Wildman–Crippen LogP) is 4.36. The molecule has 2 aliphatic rings. The van der Waals surface area contributed by atoms with Gasteiger partial charge in [0.25, 0.3) is 0 Å². The maximum Gasteiger partial charge on any atom is 0.227 e. The summed E-state index contributed by atoms with van der Waals surface area (Å²) in [6.45, 7) is 2.89. The van der Waals surface area contributed by atoms with E-state index in [1.807, 2.05) is 52.3 Å². The molecule has 7 heteroatoms. The topological polar surface area (TPSA) is 67.7 Å². The number of amides is 2. The highest BCUT2D eigenvalue weighted by Crippen LogP contribution is 2.34. The van der Waals surface area contributed by atoms with Crippen LogP contribution in [0.1, 0.15) is 50.3 Å². The number of hydrogen-bond donors (Lipinski definition) is 0. The van der Waals surface area contributed by atoms with Gasteiger partial charge in [0.1, 0.15) is 11.6 Å². The van der Waals surface area contributed by atoms with Gasteiger partial charge >= 0.3 is 0 Å². The third-order valence-corrected chi connectivity index (χ3v) is 7.07. The average molecular weight is 461 g/mol. The number of aryl methyl sites for hydroxylation is 1. The number of hydrogen-bond acceptors (Lipinski definition) is 4. The standard InChI is InChI=1S/C27H32N4O3/c1-34-22-12-10-21(11-13-22)31-19-20(18-26(31)33)27-28-23-8-4-5-9-24(23)30(27)17-14-25(32)29-15-6-2-3-7-16-29/h4-5,8-13,20H,2-3,6-7,14-19H2,1H3. The Balaban J connectivity index is 1.37. The van der Waals surface area contributed by atoms with Crippen LogP contribution in [0.25, 0.3) is 11.0 Å². The van der Waals surface area contributed by atoms with E-state index in [2.05, 4.69) is 10.6 Å². The second-order valence-corrected chi connectivity index (χ2v) is 9.26. The number of rotatable bonds is 6. The molecule has 0 saturated carbocycles. The predicted molar refractivity (Wildman–Crippen MR) is 132 cm³/mol. The number of imidazole rings is 1. The third kappa shape index (κ3) is 4.52. The van der Waals surface area contributed by atoms with Crippen molar-refractivity contribution >= 4 is 28.5 Å². The molecule has 2 saturated heterocycles. The fourth-order valence-corrected chi connectivity index (χ4v) is 5.22. The molecule has 5 rings (SSSR count). The van der Waals surface area contributed by atoms with E-state index in [-0.39, 0.29) is 17.7 Å². The van der Waals surface area contributed by atoms with E-state index in [0.717, 1.165) is 54.2 Å². The number of methoxy groups -OCH3 is 1. The van der Waals surface area contributed by atoms with Crippen LogP contribution in [0.15, 0.2) is 48.5 Å². The summed E-state index contributed by atoms with van der Waals surface area (Å²) in [5.41, 5.74) is 2.80. The van der Waals surface area contributed by atoms with E-state index in [1.54, 1.807) is 7.11 Å². The number of carbonyl (C=O) groups excluding carboxylic acids is 2. The van der Waals surface area contributed by atoms with Crippen LogP contribution in [0.3, 0.4) is 0 Å². The van der Waals surface area contributed by atoms with Gasteiger partial charge in [-0.1, -0.05) is 25.0 Å². The van der Waals surface area contributed by atoms with E-state index >= 15 is 0 Å². The lowest BCUT2D eigenvalue weighted by Crippen LogP contribution is -2.32. The Morgan fingerprint density at radius 3 is 2.50 bits per heavy atom. The van der Waals surface area contributed by atoms with Crippen LogP contribution >= 0.6 is 0 Å². The van der Waals surface area contributed by atoms with Crippen LogP contribution in [-0.4, -0.2) is 53.0 Å². The number of nitrogens with zero attached hydrogens (tertiary/aromatic N) is 4. The Morgan fingerprint density at radius 1 is 1.03 bits per heavy atom. The van der Waals surface area contributed by atoms with E-state index in [1.165, 1.54) is 12.8 Å². The Labute approximate surface area is 200 Å². The summed E-state index contributed by atoms with van der Waals surface area (Å²) >= 11 is 0. The third-order valence-electron chi connectivity index (χ3n) is 7.07. The maximum atomic E-state index is 13.0. The smallest absolute Gasteiger partial charge is 0.227 e. The largest absolute Gasteiger partial charge is 0.497 e. The molecule has 3 heterocycles. The molecule has 7 nitrogen and oxygen atoms in total. The fourth-order valence-electron chi connectivity index (χ4n) is 5.22. The molecule has 1 unspecified atom stereocenters. The Bertz CT molecular complexity index is 1160. The Morgan fingerprint density at radius 2 is 1.76 bits per heavy atom. The van der Waals surface area contributed by atoms with Crippen molar-refractivity contribution in [2.75, 3.05) is 31.6 Å². The highest BCUT2D eigenvalue weighted by Gasteiger charge is 2.35. The van der Waals surface area contributed by atoms with Crippen LogP contribution < -0.4 is 9.64 Å². The van der Waals surface area contributed by atoms with Crippen molar-refractivity contribution in [1.82, 2.24) is 14.5 Å². The number of ether oxygens (including phenoxy) is 1. The molecule has 3 aromatic rings. The molecule has 178 valence electrons. The summed E-state index contributed by atoms with van der Waals surface area (Å²) in [4.78, 5) is 34.7. The molecule has 2 aromatic carbocycles. The minimum absolute atomic E-state index is 0.0182. The van der Waals surface area contributed by atoms with Crippen LogP contribution in [0, 0.1) is 0 Å². The van der Waals surface area contributed by atoms with E-state index in [9.17, 15) is 9.59 Å². The summed E-state index contributed by atoms with van der Waals surface area (Å²) in [7, 11) is 1.63. The number of carbonyl (C=O) groups is 2. The lowest BCUT2D eigenvalue weighted by Gasteiger charge is -2.21. The average Bonchev–Trinajstić information content (AvgIpc) is 3.30. The van der Waals surface area contributed by atoms with E-state index < -0.39 is 0 Å². The first-order valence-electron chi connectivity index (χ1n) is 12.3. The summed E-state index contributed by atoms with van der Waals surface area (Å²) in [5.74, 6) is 1.95. The molecule has 1 atom stereocenters. The normalized spacial score (nSPS) is 19.0. The number of benzene rings is 2. The van der Waals surface area contributed by atoms with Crippen molar-refractivity contribution in [3.63, 3.8) is 0 Å². The zero-order valence-electron chi connectivity index (χ0n) is 19.8. The number of fused-ring (bicyclic) bond motifs is 1. The van der Waals surface area contributed by atoms with Gasteiger partial charge in [-0.05, 0) is 49.2 Å². The lowest BCUT2D eigenvalue weighted by atomic mass is 10.1. The van der Waals surface area contributed by atoms with Crippen LogP contribution in [0.4, 0.5) is 5.69 Å². The number of anilines is 1. The molecule has 34 heavy (non-hydrogen) atoms. The fraction of sp³-hybridized carbons (Fsp3) is 0.444. The summed E-state index contributed by atoms with van der Waals surface area (Å²) in [5, 5.41) is 0. The van der Waals surface area contributed by atoms with Crippen molar-refractivity contribution in [2.24, 2.45) is 0 Å². The second-order valence-electron chi connectivity index (χ2n) is 9.26. The highest BCUT2D eigenvalue weighted by molar-refractivity contribution is 5.96. The van der Waals surface area contributed by atoms with E-state index in [0.29, 0.717) is 25.9 Å². The molecule has 1 aromatic heterocycles. The quantitative estimate of drug-likeness (QED) is 0.548. The first-order chi connectivity index (χ1) is 16.6. The van der Waals surface area contributed by atoms with Crippen LogP contribution in [-0.2, 0) is 16.1 Å². The highest BCUT2D eigenvalue weighted by atomic mass is 16.5. The SMILES string of the molecule is COc1ccc(N2CC(c3nc4ccccc4n3CCC(=O)N3CCCCCC3)CC2=O)cc1. The first-order valence-corrected chi connectivity index (χ1v) is 12.3. The molecule has 2 fully saturated rings. The van der Waals surface area contributed by atoms with E-state index in [4.69, 9.17) is 9.72 Å². The van der Waals surface area contributed by atoms with Gasteiger partial charge in [0.05, 0.1) is 18.1 Å². The van der Waals surface area contributed by atoms with Gasteiger partial charge in [0.15, 0.2) is 0 Å². The second kappa shape index (κ2) is 9.87. The maximum absolute atomic E-state index is 13.0. The molecule has 0 spiro atoms. The van der Waals surface area contributed by atoms with Crippen LogP contribution in [0.5, 0.6) is 5.75 Å². The van der Waals surface area contributed by atoms with Gasteiger partial charge in [-0.3, -0.25) is 9.59 Å². The van der Waals surface area contributed by atoms with Crippen molar-refractivity contribution < 1.29 is 14.3 Å². The Kier molecular flexibility index (Phi) is 6.52. The van der Waals surface area contributed by atoms with Gasteiger partial charge in [0.2, 0.25) is 11.8 Å². The molecule has 2 amide bonds. The van der Waals surface area contributed by atoms with Gasteiger partial charge in [-0.2, -0.15) is 0 Å². The minimum Gasteiger partial charge on any atom is -0.497 e. The Hall–Kier alpha value is -3.35. The monoisotopic (exact) mass is 460 g/mol. The first kappa shape index (κ1) is 22.4. The molecular formula is C27H32N4O3. The van der Waals surface area contributed by atoms with Crippen molar-refractivity contribution in [1.29, 1.82) is 0 Å². The summed E-state index contributed by atoms with van der Waals surface area (Å²) < 4.78 is 7.41. The van der Waals surface area contributed by atoms with Gasteiger partial charge in [-0.25, -0.2) is 4.98 Å². The summed E-state index contributed by atoms with van der Waals surface area (Å²) in [6.07, 6.45) is 5.47. The summed E-state index contributed by atoms with van der Waals surface area (Å²) in [6, 6.07) is 15.6. The number of likely N-dealkylation sites (tertiary alicyclic amines) is 1. The van der Waals surface area contributed by atoms with Crippen LogP contribution in [0.2, 0.25) is 0 Å². The van der Waals surface area contributed by atoms with Crippen molar-refractivity contribution in [3.05, 3.63) is 54.4 Å². The van der Waals surface area contributed by atoms with Crippen molar-refractivity contribution in [2.45, 2.75) is 51.0 Å².